The highest BCUT2D eigenvalue weighted by molar-refractivity contribution is 7.53. The van der Waals surface area contributed by atoms with Crippen molar-refractivity contribution in [3.05, 3.63) is 35.9 Å². The summed E-state index contributed by atoms with van der Waals surface area (Å²) in [5.74, 6) is -4.29. The van der Waals surface area contributed by atoms with E-state index in [0.29, 0.717) is 37.8 Å². The van der Waals surface area contributed by atoms with Crippen LogP contribution in [0.4, 0.5) is 0 Å². The Balaban J connectivity index is 1.77. The third kappa shape index (κ3) is 8.60. The van der Waals surface area contributed by atoms with E-state index < -0.39 is 49.4 Å². The van der Waals surface area contributed by atoms with Crippen LogP contribution in [0.1, 0.15) is 63.9 Å². The van der Waals surface area contributed by atoms with E-state index in [0.717, 1.165) is 24.2 Å². The van der Waals surface area contributed by atoms with Gasteiger partial charge in [0.25, 0.3) is 5.91 Å². The predicted octanol–water partition coefficient (Wildman–Crippen LogP) is 1.75. The van der Waals surface area contributed by atoms with Gasteiger partial charge in [-0.2, -0.15) is 0 Å². The summed E-state index contributed by atoms with van der Waals surface area (Å²) >= 11 is 0. The summed E-state index contributed by atoms with van der Waals surface area (Å²) in [6.45, 7) is 1.92. The monoisotopic (exact) mass is 580 g/mol. The topological polar surface area (TPSA) is 188 Å². The van der Waals surface area contributed by atoms with Crippen molar-refractivity contribution < 1.29 is 38.3 Å². The Morgan fingerprint density at radius 2 is 1.80 bits per heavy atom. The van der Waals surface area contributed by atoms with Crippen molar-refractivity contribution in [2.75, 3.05) is 13.1 Å². The van der Waals surface area contributed by atoms with E-state index in [1.54, 1.807) is 30.3 Å². The molecular formula is C27H41N4O8P. The van der Waals surface area contributed by atoms with Gasteiger partial charge in [-0.1, -0.05) is 36.8 Å². The highest BCUT2D eigenvalue weighted by Gasteiger charge is 2.42. The molecule has 1 aliphatic heterocycles. The van der Waals surface area contributed by atoms with Crippen molar-refractivity contribution in [3.8, 4) is 0 Å². The minimum Gasteiger partial charge on any atom is -0.480 e. The molecule has 40 heavy (non-hydrogen) atoms. The number of carbonyl (C=O) groups is 4. The molecule has 2 aliphatic rings. The van der Waals surface area contributed by atoms with E-state index in [-0.39, 0.29) is 31.2 Å². The lowest BCUT2D eigenvalue weighted by Crippen LogP contribution is -2.52. The average Bonchev–Trinajstić information content (AvgIpc) is 3.37. The number of hydrogen-bond acceptors (Lipinski definition) is 7. The summed E-state index contributed by atoms with van der Waals surface area (Å²) in [7, 11) is -4.69. The number of carboxylic acid groups (broad SMARTS) is 1. The van der Waals surface area contributed by atoms with Crippen LogP contribution in [0.5, 0.6) is 0 Å². The molecule has 1 saturated heterocycles. The quantitative estimate of drug-likeness (QED) is 0.152. The third-order valence-electron chi connectivity index (χ3n) is 7.51. The number of hydrogen-bond donors (Lipinski definition) is 5. The summed E-state index contributed by atoms with van der Waals surface area (Å²) in [6, 6.07) is 6.78. The number of carboxylic acids is 1. The molecule has 2 unspecified atom stereocenters. The summed E-state index contributed by atoms with van der Waals surface area (Å²) in [6.07, 6.45) is 3.26. The summed E-state index contributed by atoms with van der Waals surface area (Å²) < 4.78 is 19.0. The fourth-order valence-corrected chi connectivity index (χ4v) is 6.36. The Morgan fingerprint density at radius 3 is 2.40 bits per heavy atom. The number of amides is 3. The van der Waals surface area contributed by atoms with E-state index in [9.17, 15) is 33.7 Å². The Labute approximate surface area is 234 Å². The Kier molecular flexibility index (Phi) is 11.7. The first kappa shape index (κ1) is 31.7. The van der Waals surface area contributed by atoms with E-state index in [4.69, 9.17) is 10.3 Å². The number of aliphatic carboxylic acids is 1. The Bertz CT molecular complexity index is 1080. The highest BCUT2D eigenvalue weighted by atomic mass is 31.2. The maximum atomic E-state index is 13.6. The fourth-order valence-electron chi connectivity index (χ4n) is 4.94. The van der Waals surface area contributed by atoms with E-state index in [1.165, 1.54) is 6.92 Å². The van der Waals surface area contributed by atoms with E-state index in [2.05, 4.69) is 10.6 Å². The van der Waals surface area contributed by atoms with Gasteiger partial charge in [0.15, 0.2) is 0 Å². The highest BCUT2D eigenvalue weighted by Crippen LogP contribution is 2.49. The first-order valence-corrected chi connectivity index (χ1v) is 15.6. The summed E-state index contributed by atoms with van der Waals surface area (Å²) in [5, 5.41) is 14.8. The molecule has 5 atom stereocenters. The predicted molar refractivity (Wildman–Crippen MR) is 147 cm³/mol. The molecule has 3 amide bonds. The molecule has 1 heterocycles. The van der Waals surface area contributed by atoms with E-state index in [1.807, 2.05) is 0 Å². The summed E-state index contributed by atoms with van der Waals surface area (Å²) in [5.41, 5.74) is 6.24. The third-order valence-corrected chi connectivity index (χ3v) is 9.23. The number of nitrogens with one attached hydrogen (secondary N) is 2. The smallest absolute Gasteiger partial charge is 0.351 e. The van der Waals surface area contributed by atoms with Crippen molar-refractivity contribution in [1.29, 1.82) is 0 Å². The molecule has 6 N–H and O–H groups in total. The minimum absolute atomic E-state index is 0.0746. The van der Waals surface area contributed by atoms with Crippen LogP contribution in [-0.2, 0) is 34.7 Å². The number of likely N-dealkylation sites (tertiary alicyclic amines) is 1. The molecule has 0 radical (unpaired) electrons. The Morgan fingerprint density at radius 1 is 1.10 bits per heavy atom. The number of carbonyl (C=O) groups excluding carboxylic acids is 3. The van der Waals surface area contributed by atoms with E-state index >= 15 is 0 Å². The lowest BCUT2D eigenvalue weighted by molar-refractivity contribution is -0.151. The normalized spacial score (nSPS) is 21.0. The lowest BCUT2D eigenvalue weighted by atomic mass is 9.84. The van der Waals surface area contributed by atoms with Crippen LogP contribution < -0.4 is 16.4 Å². The van der Waals surface area contributed by atoms with Crippen molar-refractivity contribution in [3.63, 3.8) is 0 Å². The molecule has 1 aliphatic carbocycles. The number of unbranched alkanes of at least 4 members (excludes halogenated alkanes) is 1. The van der Waals surface area contributed by atoms with Crippen LogP contribution in [0.3, 0.4) is 0 Å². The molecule has 12 nitrogen and oxygen atoms in total. The molecule has 3 rings (SSSR count). The first-order valence-electron chi connectivity index (χ1n) is 13.9. The number of nitrogens with two attached hydrogens (primary N) is 1. The van der Waals surface area contributed by atoms with Crippen LogP contribution in [0.25, 0.3) is 0 Å². The van der Waals surface area contributed by atoms with Crippen molar-refractivity contribution >= 4 is 31.3 Å². The van der Waals surface area contributed by atoms with Crippen LogP contribution in [0.2, 0.25) is 0 Å². The molecule has 13 heteroatoms. The number of benzene rings is 1. The molecular weight excluding hydrogens is 539 g/mol. The standard InChI is InChI=1S/C27H41N4O8P/c1-18(26(34)31-16-8-14-22(31)27(35)36)39-40(37,38)23(17-19-9-3-2-4-10-19)30-25(33)21(13-5-6-15-28)29-24(32)20-11-7-12-20/h2-4,9-10,18,20-23H,5-8,11-17,28H2,1H3,(H,29,32)(H,30,33)(H,35,36)(H,37,38)/t18?,21-,22-,23-/m0/s1. The van der Waals surface area contributed by atoms with Gasteiger partial charge in [0.1, 0.15) is 24.0 Å². The molecule has 0 aromatic heterocycles. The molecule has 1 aromatic rings. The average molecular weight is 581 g/mol. The molecule has 0 bridgehead atoms. The lowest BCUT2D eigenvalue weighted by Gasteiger charge is -2.31. The second kappa shape index (κ2) is 14.7. The maximum Gasteiger partial charge on any atom is 0.351 e. The van der Waals surface area contributed by atoms with Crippen molar-refractivity contribution in [2.45, 2.75) is 88.7 Å². The molecule has 222 valence electrons. The Hall–Kier alpha value is -2.79. The van der Waals surface area contributed by atoms with Gasteiger partial charge in [0, 0.05) is 18.9 Å². The van der Waals surface area contributed by atoms with Gasteiger partial charge in [-0.15, -0.1) is 0 Å². The fraction of sp³-hybridized carbons (Fsp3) is 0.630. The van der Waals surface area contributed by atoms with Crippen LogP contribution in [0.15, 0.2) is 30.3 Å². The van der Waals surface area contributed by atoms with Gasteiger partial charge in [-0.25, -0.2) is 4.79 Å². The van der Waals surface area contributed by atoms with Gasteiger partial charge in [-0.05, 0) is 64.0 Å². The summed E-state index contributed by atoms with van der Waals surface area (Å²) in [4.78, 5) is 62.8. The zero-order valence-electron chi connectivity index (χ0n) is 22.9. The number of rotatable bonds is 15. The van der Waals surface area contributed by atoms with Crippen LogP contribution in [-0.4, -0.2) is 75.7 Å². The first-order chi connectivity index (χ1) is 19.0. The van der Waals surface area contributed by atoms with Gasteiger partial charge >= 0.3 is 13.6 Å². The zero-order valence-corrected chi connectivity index (χ0v) is 23.8. The molecule has 1 saturated carbocycles. The zero-order chi connectivity index (χ0) is 29.3. The van der Waals surface area contributed by atoms with Crippen molar-refractivity contribution in [2.24, 2.45) is 11.7 Å². The van der Waals surface area contributed by atoms with Crippen LogP contribution >= 0.6 is 7.60 Å². The van der Waals surface area contributed by atoms with Crippen LogP contribution in [0, 0.1) is 5.92 Å². The number of nitrogens with zero attached hydrogens (tertiary/aromatic N) is 1. The van der Waals surface area contributed by atoms with Crippen molar-refractivity contribution in [1.82, 2.24) is 15.5 Å². The van der Waals surface area contributed by atoms with Gasteiger partial charge in [-0.3, -0.25) is 23.5 Å². The molecule has 0 spiro atoms. The second-order valence-electron chi connectivity index (χ2n) is 10.5. The van der Waals surface area contributed by atoms with Gasteiger partial charge in [0.05, 0.1) is 0 Å². The SMILES string of the molecule is CC(OP(=O)(O)[C@@H](Cc1ccccc1)NC(=O)[C@H](CCCCN)NC(=O)C1CCC1)C(=O)N1CCC[C@H]1C(=O)O. The maximum absolute atomic E-state index is 13.6. The molecule has 1 aromatic carbocycles. The van der Waals surface area contributed by atoms with Gasteiger partial charge in [0.2, 0.25) is 11.8 Å². The molecule has 2 fully saturated rings. The largest absolute Gasteiger partial charge is 0.480 e. The van der Waals surface area contributed by atoms with Gasteiger partial charge < -0.3 is 31.3 Å². The minimum atomic E-state index is -4.69. The second-order valence-corrected chi connectivity index (χ2v) is 12.5.